The Bertz CT molecular complexity index is 863. The Hall–Kier alpha value is -3.08. The second kappa shape index (κ2) is 13.3. The van der Waals surface area contributed by atoms with Gasteiger partial charge in [-0.05, 0) is 69.8 Å². The van der Waals surface area contributed by atoms with E-state index in [0.717, 1.165) is 31.3 Å². The van der Waals surface area contributed by atoms with Crippen molar-refractivity contribution in [1.82, 2.24) is 5.32 Å². The number of carbonyl (C=O) groups excluding carboxylic acids is 1. The lowest BCUT2D eigenvalue weighted by Gasteiger charge is -2.18. The van der Waals surface area contributed by atoms with Crippen molar-refractivity contribution in [2.45, 2.75) is 66.3 Å². The SMILES string of the molecule is C=C/C=C\C1=C(CCC)C(NC(=O)C(=C)C(N)=NC(=C(C)C)/C(=C/C)O/C=C\C)CC1. The molecule has 5 nitrogen and oxygen atoms in total. The fraction of sp³-hybridized carbons (Fsp3) is 0.385. The quantitative estimate of drug-likeness (QED) is 0.146. The summed E-state index contributed by atoms with van der Waals surface area (Å²) in [4.78, 5) is 17.3. The standard InChI is InChI=1S/C26H37N3O2/c1-8-12-14-20-15-16-22(21(20)13-9-2)28-26(30)19(7)25(27)29-24(18(5)6)23(11-4)31-17-10-3/h8,10-12,14,17,22H,1,7,9,13,15-16H2,2-6H3,(H2,27,29)(H,28,30)/b14-12-,17-10-,23-11-. The first-order chi connectivity index (χ1) is 14.8. The highest BCUT2D eigenvalue weighted by Gasteiger charge is 2.26. The van der Waals surface area contributed by atoms with Crippen LogP contribution in [-0.2, 0) is 9.53 Å². The summed E-state index contributed by atoms with van der Waals surface area (Å²) in [6, 6.07) is -0.0199. The van der Waals surface area contributed by atoms with E-state index in [1.54, 1.807) is 24.5 Å². The van der Waals surface area contributed by atoms with Crippen molar-refractivity contribution in [2.75, 3.05) is 0 Å². The summed E-state index contributed by atoms with van der Waals surface area (Å²) in [6.45, 7) is 17.3. The molecule has 0 saturated carbocycles. The molecule has 3 N–H and O–H groups in total. The second-order valence-corrected chi connectivity index (χ2v) is 7.52. The van der Waals surface area contributed by atoms with Crippen molar-refractivity contribution in [3.63, 3.8) is 0 Å². The number of nitrogens with two attached hydrogens (primary N) is 1. The average Bonchev–Trinajstić information content (AvgIpc) is 3.12. The van der Waals surface area contributed by atoms with Gasteiger partial charge in [-0.25, -0.2) is 4.99 Å². The van der Waals surface area contributed by atoms with Crippen LogP contribution in [0.15, 0.2) is 88.5 Å². The Kier molecular flexibility index (Phi) is 11.1. The lowest BCUT2D eigenvalue weighted by atomic mass is 10.0. The first-order valence-electron chi connectivity index (χ1n) is 10.8. The minimum absolute atomic E-state index is 0.0199. The highest BCUT2D eigenvalue weighted by molar-refractivity contribution is 6.20. The number of allylic oxidation sites excluding steroid dienone is 7. The van der Waals surface area contributed by atoms with Gasteiger partial charge in [0.2, 0.25) is 0 Å². The zero-order valence-electron chi connectivity index (χ0n) is 19.6. The number of aliphatic imine (C=N–C) groups is 1. The summed E-state index contributed by atoms with van der Waals surface area (Å²) in [7, 11) is 0. The lowest BCUT2D eigenvalue weighted by molar-refractivity contribution is -0.117. The number of hydrogen-bond donors (Lipinski definition) is 2. The molecule has 0 aliphatic heterocycles. The van der Waals surface area contributed by atoms with E-state index in [1.807, 2.05) is 33.8 Å². The number of carbonyl (C=O) groups is 1. The first-order valence-corrected chi connectivity index (χ1v) is 10.8. The van der Waals surface area contributed by atoms with E-state index < -0.39 is 0 Å². The molecule has 1 unspecified atom stereocenters. The molecule has 0 bridgehead atoms. The van der Waals surface area contributed by atoms with E-state index in [1.165, 1.54) is 11.1 Å². The van der Waals surface area contributed by atoms with Crippen LogP contribution in [0.2, 0.25) is 0 Å². The first kappa shape index (κ1) is 26.0. The predicted octanol–water partition coefficient (Wildman–Crippen LogP) is 5.77. The molecule has 1 atom stereocenters. The van der Waals surface area contributed by atoms with Gasteiger partial charge >= 0.3 is 0 Å². The van der Waals surface area contributed by atoms with Crippen LogP contribution in [0.25, 0.3) is 0 Å². The van der Waals surface area contributed by atoms with Gasteiger partial charge in [0.1, 0.15) is 17.3 Å². The monoisotopic (exact) mass is 423 g/mol. The number of hydrogen-bond acceptors (Lipinski definition) is 3. The van der Waals surface area contributed by atoms with E-state index in [9.17, 15) is 4.79 Å². The second-order valence-electron chi connectivity index (χ2n) is 7.52. The number of nitrogens with zero attached hydrogens (tertiary/aromatic N) is 1. The maximum Gasteiger partial charge on any atom is 0.254 e. The molecule has 1 amide bonds. The molecule has 1 rings (SSSR count). The number of amidine groups is 1. The molecule has 0 spiro atoms. The van der Waals surface area contributed by atoms with Crippen molar-refractivity contribution >= 4 is 11.7 Å². The lowest BCUT2D eigenvalue weighted by Crippen LogP contribution is -2.38. The van der Waals surface area contributed by atoms with Gasteiger partial charge in [-0.2, -0.15) is 0 Å². The van der Waals surface area contributed by atoms with E-state index in [0.29, 0.717) is 11.5 Å². The van der Waals surface area contributed by atoms with E-state index in [2.05, 4.69) is 36.5 Å². The van der Waals surface area contributed by atoms with E-state index >= 15 is 0 Å². The largest absolute Gasteiger partial charge is 0.463 e. The Labute approximate surface area is 187 Å². The maximum absolute atomic E-state index is 12.9. The summed E-state index contributed by atoms with van der Waals surface area (Å²) in [5.41, 5.74) is 10.3. The molecule has 0 aromatic rings. The van der Waals surface area contributed by atoms with Crippen LogP contribution < -0.4 is 11.1 Å². The van der Waals surface area contributed by atoms with Crippen molar-refractivity contribution in [1.29, 1.82) is 0 Å². The van der Waals surface area contributed by atoms with E-state index in [-0.39, 0.29) is 23.4 Å². The zero-order valence-corrected chi connectivity index (χ0v) is 19.6. The highest BCUT2D eigenvalue weighted by Crippen LogP contribution is 2.31. The Morgan fingerprint density at radius 2 is 2.06 bits per heavy atom. The third-order valence-electron chi connectivity index (χ3n) is 4.91. The molecule has 1 aliphatic carbocycles. The molecule has 1 aliphatic rings. The van der Waals surface area contributed by atoms with Crippen molar-refractivity contribution in [3.05, 3.63) is 83.5 Å². The summed E-state index contributed by atoms with van der Waals surface area (Å²) in [5.74, 6) is 0.332. The van der Waals surface area contributed by atoms with Gasteiger partial charge in [-0.1, -0.05) is 50.8 Å². The Balaban J connectivity index is 3.05. The number of rotatable bonds is 11. The summed E-state index contributed by atoms with van der Waals surface area (Å²) in [6.07, 6.45) is 14.7. The fourth-order valence-corrected chi connectivity index (χ4v) is 3.36. The van der Waals surface area contributed by atoms with Gasteiger partial charge < -0.3 is 15.8 Å². The van der Waals surface area contributed by atoms with Gasteiger partial charge in [0.15, 0.2) is 0 Å². The summed E-state index contributed by atoms with van der Waals surface area (Å²) in [5, 5.41) is 3.09. The topological polar surface area (TPSA) is 76.7 Å². The van der Waals surface area contributed by atoms with E-state index in [4.69, 9.17) is 10.5 Å². The van der Waals surface area contributed by atoms with Crippen LogP contribution in [0, 0.1) is 0 Å². The van der Waals surface area contributed by atoms with Crippen LogP contribution >= 0.6 is 0 Å². The molecule has 0 fully saturated rings. The van der Waals surface area contributed by atoms with Gasteiger partial charge in [0.05, 0.1) is 17.9 Å². The predicted molar refractivity (Wildman–Crippen MR) is 131 cm³/mol. The molecule has 0 radical (unpaired) electrons. The third kappa shape index (κ3) is 7.59. The van der Waals surface area contributed by atoms with Crippen LogP contribution in [0.4, 0.5) is 0 Å². The molecule has 168 valence electrons. The third-order valence-corrected chi connectivity index (χ3v) is 4.91. The molecule has 5 heteroatoms. The minimum atomic E-state index is -0.307. The number of amides is 1. The van der Waals surface area contributed by atoms with Gasteiger partial charge in [-0.15, -0.1) is 0 Å². The summed E-state index contributed by atoms with van der Waals surface area (Å²) < 4.78 is 5.61. The van der Waals surface area contributed by atoms with Crippen molar-refractivity contribution in [3.8, 4) is 0 Å². The average molecular weight is 424 g/mol. The van der Waals surface area contributed by atoms with Gasteiger partial charge in [0.25, 0.3) is 5.91 Å². The van der Waals surface area contributed by atoms with Crippen molar-refractivity contribution in [2.24, 2.45) is 10.7 Å². The van der Waals surface area contributed by atoms with Gasteiger partial charge in [0, 0.05) is 0 Å². The molecule has 31 heavy (non-hydrogen) atoms. The number of ether oxygens (including phenoxy) is 1. The van der Waals surface area contributed by atoms with Crippen LogP contribution in [-0.4, -0.2) is 17.8 Å². The van der Waals surface area contributed by atoms with Gasteiger partial charge in [-0.3, -0.25) is 4.79 Å². The van der Waals surface area contributed by atoms with Crippen LogP contribution in [0.3, 0.4) is 0 Å². The normalized spacial score (nSPS) is 17.4. The molecule has 0 aromatic carbocycles. The minimum Gasteiger partial charge on any atom is -0.463 e. The highest BCUT2D eigenvalue weighted by atomic mass is 16.5. The Morgan fingerprint density at radius 1 is 1.35 bits per heavy atom. The molecule has 0 heterocycles. The zero-order chi connectivity index (χ0) is 23.4. The molecule has 0 saturated heterocycles. The number of nitrogens with one attached hydrogen (secondary N) is 1. The van der Waals surface area contributed by atoms with Crippen LogP contribution in [0.5, 0.6) is 0 Å². The molecular formula is C26H37N3O2. The summed E-state index contributed by atoms with van der Waals surface area (Å²) >= 11 is 0. The van der Waals surface area contributed by atoms with Crippen molar-refractivity contribution < 1.29 is 9.53 Å². The molecular weight excluding hydrogens is 386 g/mol. The Morgan fingerprint density at radius 3 is 2.61 bits per heavy atom. The smallest absolute Gasteiger partial charge is 0.254 e. The molecule has 0 aromatic heterocycles. The fourth-order valence-electron chi connectivity index (χ4n) is 3.36. The maximum atomic E-state index is 12.9. The van der Waals surface area contributed by atoms with Crippen LogP contribution in [0.1, 0.15) is 60.3 Å².